The van der Waals surface area contributed by atoms with Gasteiger partial charge in [0.15, 0.2) is 0 Å². The van der Waals surface area contributed by atoms with Gasteiger partial charge in [-0.05, 0) is 36.9 Å². The first-order valence-electron chi connectivity index (χ1n) is 9.36. The number of allylic oxidation sites excluding steroid dienone is 2. The van der Waals surface area contributed by atoms with Crippen LogP contribution in [0.5, 0.6) is 0 Å². The van der Waals surface area contributed by atoms with Crippen LogP contribution in [0, 0.1) is 13.8 Å². The Morgan fingerprint density at radius 2 is 1.32 bits per heavy atom. The van der Waals surface area contributed by atoms with E-state index in [2.05, 4.69) is 0 Å². The standard InChI is InChI=1S/C23H14F6OS/c1-11-13-7-4-6-10-16(13)31-20(11)19-18(21(24,25)23(28,29)22(19,26)27)17-12(2)30-15-9-5-3-8-14(15)17/h3-10H,1-2H3. The number of benzene rings is 2. The molecule has 5 rings (SSSR count). The van der Waals surface area contributed by atoms with Gasteiger partial charge in [-0.25, -0.2) is 0 Å². The van der Waals surface area contributed by atoms with Crippen molar-refractivity contribution >= 4 is 43.5 Å². The zero-order chi connectivity index (χ0) is 22.3. The van der Waals surface area contributed by atoms with Gasteiger partial charge in [0.25, 0.3) is 0 Å². The number of rotatable bonds is 2. The van der Waals surface area contributed by atoms with Crippen molar-refractivity contribution in [1.82, 2.24) is 0 Å². The predicted molar refractivity (Wildman–Crippen MR) is 109 cm³/mol. The third kappa shape index (κ3) is 2.39. The predicted octanol–water partition coefficient (Wildman–Crippen LogP) is 8.09. The Morgan fingerprint density at radius 1 is 0.742 bits per heavy atom. The lowest BCUT2D eigenvalue weighted by atomic mass is 9.94. The first kappa shape index (κ1) is 20.2. The fraction of sp³-hybridized carbons (Fsp3) is 0.217. The minimum Gasteiger partial charge on any atom is -0.461 e. The number of hydrogen-bond acceptors (Lipinski definition) is 2. The van der Waals surface area contributed by atoms with Crippen molar-refractivity contribution in [3.05, 3.63) is 70.3 Å². The minimum absolute atomic E-state index is 0.0828. The molecule has 0 spiro atoms. The molecule has 0 saturated heterocycles. The third-order valence-electron chi connectivity index (χ3n) is 5.76. The monoisotopic (exact) mass is 452 g/mol. The number of halogens is 6. The summed E-state index contributed by atoms with van der Waals surface area (Å²) >= 11 is 0.802. The Kier molecular flexibility index (Phi) is 4.01. The van der Waals surface area contributed by atoms with E-state index in [9.17, 15) is 8.78 Å². The molecule has 8 heteroatoms. The summed E-state index contributed by atoms with van der Waals surface area (Å²) in [5.74, 6) is -15.9. The Hall–Kier alpha value is -2.74. The molecular weight excluding hydrogens is 438 g/mol. The van der Waals surface area contributed by atoms with Crippen LogP contribution in [0.15, 0.2) is 52.9 Å². The van der Waals surface area contributed by atoms with Gasteiger partial charge in [0, 0.05) is 26.1 Å². The number of furan rings is 1. The molecule has 0 N–H and O–H groups in total. The summed E-state index contributed by atoms with van der Waals surface area (Å²) in [4.78, 5) is -0.275. The molecule has 0 bridgehead atoms. The van der Waals surface area contributed by atoms with E-state index in [0.717, 1.165) is 11.3 Å². The first-order chi connectivity index (χ1) is 14.5. The summed E-state index contributed by atoms with van der Waals surface area (Å²) in [5, 5.41) is 0.636. The Labute approximate surface area is 176 Å². The fourth-order valence-electron chi connectivity index (χ4n) is 4.25. The van der Waals surface area contributed by atoms with Gasteiger partial charge in [0.2, 0.25) is 0 Å². The highest BCUT2D eigenvalue weighted by atomic mass is 32.1. The summed E-state index contributed by atoms with van der Waals surface area (Å²) < 4.78 is 95.8. The van der Waals surface area contributed by atoms with E-state index in [1.165, 1.54) is 32.0 Å². The SMILES string of the molecule is Cc1oc2ccccc2c1C1=C(c2sc3ccccc3c2C)C(F)(F)C(F)(F)C1(F)F. The number of para-hydroxylation sites is 1. The molecule has 0 unspecified atom stereocenters. The molecule has 0 atom stereocenters. The maximum atomic E-state index is 15.2. The van der Waals surface area contributed by atoms with Gasteiger partial charge in [0.1, 0.15) is 11.3 Å². The molecule has 0 radical (unpaired) electrons. The van der Waals surface area contributed by atoms with Gasteiger partial charge in [0.05, 0.1) is 5.57 Å². The van der Waals surface area contributed by atoms with Crippen LogP contribution < -0.4 is 0 Å². The summed E-state index contributed by atoms with van der Waals surface area (Å²) in [6.07, 6.45) is 0. The van der Waals surface area contributed by atoms with E-state index < -0.39 is 34.5 Å². The lowest BCUT2D eigenvalue weighted by molar-refractivity contribution is -0.254. The zero-order valence-electron chi connectivity index (χ0n) is 16.2. The second kappa shape index (κ2) is 6.16. The summed E-state index contributed by atoms with van der Waals surface area (Å²) in [6.45, 7) is 2.78. The molecule has 0 aliphatic heterocycles. The molecule has 1 aliphatic carbocycles. The van der Waals surface area contributed by atoms with E-state index in [1.807, 2.05) is 0 Å². The van der Waals surface area contributed by atoms with Crippen molar-refractivity contribution in [2.75, 3.05) is 0 Å². The Balaban J connectivity index is 1.97. The first-order valence-corrected chi connectivity index (χ1v) is 10.2. The molecule has 2 aromatic heterocycles. The normalized spacial score (nSPS) is 19.6. The van der Waals surface area contributed by atoms with Crippen molar-refractivity contribution in [3.63, 3.8) is 0 Å². The van der Waals surface area contributed by atoms with Crippen molar-refractivity contribution in [2.45, 2.75) is 31.6 Å². The zero-order valence-corrected chi connectivity index (χ0v) is 17.0. The van der Waals surface area contributed by atoms with Gasteiger partial charge >= 0.3 is 17.8 Å². The third-order valence-corrected chi connectivity index (χ3v) is 7.05. The van der Waals surface area contributed by atoms with Gasteiger partial charge in [-0.1, -0.05) is 36.4 Å². The van der Waals surface area contributed by atoms with Gasteiger partial charge in [-0.3, -0.25) is 0 Å². The number of aryl methyl sites for hydroxylation is 2. The largest absolute Gasteiger partial charge is 0.461 e. The van der Waals surface area contributed by atoms with Crippen LogP contribution in [-0.2, 0) is 0 Å². The van der Waals surface area contributed by atoms with Crippen LogP contribution in [0.25, 0.3) is 32.2 Å². The van der Waals surface area contributed by atoms with Crippen LogP contribution in [0.4, 0.5) is 26.3 Å². The van der Waals surface area contributed by atoms with Crippen LogP contribution >= 0.6 is 11.3 Å². The van der Waals surface area contributed by atoms with Crippen molar-refractivity contribution in [2.24, 2.45) is 0 Å². The van der Waals surface area contributed by atoms with Crippen LogP contribution in [0.3, 0.4) is 0 Å². The average molecular weight is 452 g/mol. The maximum Gasteiger partial charge on any atom is 0.380 e. The van der Waals surface area contributed by atoms with E-state index in [4.69, 9.17) is 4.42 Å². The van der Waals surface area contributed by atoms with E-state index in [-0.39, 0.29) is 27.2 Å². The van der Waals surface area contributed by atoms with Crippen LogP contribution in [-0.4, -0.2) is 17.8 Å². The van der Waals surface area contributed by atoms with E-state index >= 15 is 17.6 Å². The fourth-order valence-corrected chi connectivity index (χ4v) is 5.55. The number of fused-ring (bicyclic) bond motifs is 2. The van der Waals surface area contributed by atoms with E-state index in [0.29, 0.717) is 10.1 Å². The lowest BCUT2D eigenvalue weighted by Crippen LogP contribution is -2.48. The highest BCUT2D eigenvalue weighted by Gasteiger charge is 2.80. The number of alkyl halides is 6. The van der Waals surface area contributed by atoms with Crippen molar-refractivity contribution in [3.8, 4) is 0 Å². The number of thiophene rings is 1. The Bertz CT molecular complexity index is 1390. The minimum atomic E-state index is -5.60. The smallest absolute Gasteiger partial charge is 0.380 e. The second-order valence-electron chi connectivity index (χ2n) is 7.55. The van der Waals surface area contributed by atoms with Crippen LogP contribution in [0.1, 0.15) is 21.8 Å². The molecule has 2 aromatic carbocycles. The molecule has 0 fully saturated rings. The highest BCUT2D eigenvalue weighted by molar-refractivity contribution is 7.20. The topological polar surface area (TPSA) is 13.1 Å². The maximum absolute atomic E-state index is 15.2. The van der Waals surface area contributed by atoms with Gasteiger partial charge in [-0.2, -0.15) is 26.3 Å². The van der Waals surface area contributed by atoms with E-state index in [1.54, 1.807) is 30.3 Å². The lowest BCUT2D eigenvalue weighted by Gasteiger charge is -2.25. The quantitative estimate of drug-likeness (QED) is 0.280. The summed E-state index contributed by atoms with van der Waals surface area (Å²) in [6, 6.07) is 12.6. The summed E-state index contributed by atoms with van der Waals surface area (Å²) in [7, 11) is 0. The molecule has 160 valence electrons. The average Bonchev–Trinajstić information content (AvgIpc) is 3.24. The number of hydrogen-bond donors (Lipinski definition) is 0. The van der Waals surface area contributed by atoms with Crippen molar-refractivity contribution in [1.29, 1.82) is 0 Å². The van der Waals surface area contributed by atoms with Crippen LogP contribution in [0.2, 0.25) is 0 Å². The molecular formula is C23H14F6OS. The molecule has 4 aromatic rings. The molecule has 0 amide bonds. The van der Waals surface area contributed by atoms with Crippen molar-refractivity contribution < 1.29 is 30.8 Å². The Morgan fingerprint density at radius 3 is 2.00 bits per heavy atom. The van der Waals surface area contributed by atoms with Gasteiger partial charge < -0.3 is 4.42 Å². The van der Waals surface area contributed by atoms with Gasteiger partial charge in [-0.15, -0.1) is 11.3 Å². The second-order valence-corrected chi connectivity index (χ2v) is 8.61. The molecule has 1 aliphatic rings. The molecule has 2 heterocycles. The molecule has 0 saturated carbocycles. The molecule has 1 nitrogen and oxygen atoms in total. The highest BCUT2D eigenvalue weighted by Crippen LogP contribution is 2.66. The summed E-state index contributed by atoms with van der Waals surface area (Å²) in [5.41, 5.74) is -2.71. The molecule has 31 heavy (non-hydrogen) atoms.